The Morgan fingerprint density at radius 1 is 1.19 bits per heavy atom. The molecule has 5 N–H and O–H groups in total. The first-order valence-electron chi connectivity index (χ1n) is 8.56. The van der Waals surface area contributed by atoms with E-state index >= 15 is 0 Å². The molecule has 0 saturated carbocycles. The van der Waals surface area contributed by atoms with Crippen molar-refractivity contribution < 1.29 is 19.0 Å². The fourth-order valence-electron chi connectivity index (χ4n) is 2.94. The summed E-state index contributed by atoms with van der Waals surface area (Å²) in [6.07, 6.45) is -0.339. The van der Waals surface area contributed by atoms with Crippen LogP contribution in [0, 0.1) is 0 Å². The zero-order valence-corrected chi connectivity index (χ0v) is 14.7. The fraction of sp³-hybridized carbons (Fsp3) is 0.278. The minimum absolute atomic E-state index is 0.148. The number of hydrazine groups is 2. The van der Waals surface area contributed by atoms with Gasteiger partial charge in [-0.1, -0.05) is 12.1 Å². The van der Waals surface area contributed by atoms with Gasteiger partial charge in [-0.2, -0.15) is 5.53 Å². The smallest absolute Gasteiger partial charge is 0.242 e. The molecule has 0 radical (unpaired) electrons. The molecular weight excluding hydrogens is 350 g/mol. The number of benzene rings is 2. The van der Waals surface area contributed by atoms with E-state index in [9.17, 15) is 4.79 Å². The summed E-state index contributed by atoms with van der Waals surface area (Å²) in [6.45, 7) is 0.617. The van der Waals surface area contributed by atoms with Crippen molar-refractivity contribution >= 4 is 11.6 Å². The highest BCUT2D eigenvalue weighted by Gasteiger charge is 2.32. The Morgan fingerprint density at radius 3 is 2.96 bits per heavy atom. The van der Waals surface area contributed by atoms with Crippen LogP contribution < -0.4 is 41.2 Å². The molecule has 2 aromatic carbocycles. The van der Waals surface area contributed by atoms with Crippen molar-refractivity contribution in [2.45, 2.75) is 18.8 Å². The van der Waals surface area contributed by atoms with E-state index in [2.05, 4.69) is 27.0 Å². The van der Waals surface area contributed by atoms with Gasteiger partial charge in [0, 0.05) is 18.3 Å². The number of amides is 1. The SMILES string of the molecule is COc1cccc(NC2NNNC2C(=O)NCc2ccc3c(c2)OCO3)c1. The molecule has 1 saturated heterocycles. The molecule has 9 heteroatoms. The normalized spacial score (nSPS) is 20.3. The molecule has 4 rings (SSSR count). The number of anilines is 1. The van der Waals surface area contributed by atoms with Gasteiger partial charge in [-0.15, -0.1) is 0 Å². The van der Waals surface area contributed by atoms with E-state index in [4.69, 9.17) is 14.2 Å². The summed E-state index contributed by atoms with van der Waals surface area (Å²) in [6, 6.07) is 12.6. The number of rotatable bonds is 6. The summed E-state index contributed by atoms with van der Waals surface area (Å²) in [4.78, 5) is 12.6. The Morgan fingerprint density at radius 2 is 2.07 bits per heavy atom. The van der Waals surface area contributed by atoms with E-state index in [0.29, 0.717) is 12.3 Å². The summed E-state index contributed by atoms with van der Waals surface area (Å²) in [7, 11) is 1.61. The van der Waals surface area contributed by atoms with E-state index in [-0.39, 0.29) is 18.9 Å². The van der Waals surface area contributed by atoms with Crippen molar-refractivity contribution in [1.82, 2.24) is 21.7 Å². The Kier molecular flexibility index (Phi) is 4.97. The summed E-state index contributed by atoms with van der Waals surface area (Å²) < 4.78 is 15.9. The van der Waals surface area contributed by atoms with Gasteiger partial charge >= 0.3 is 0 Å². The summed E-state index contributed by atoms with van der Waals surface area (Å²) >= 11 is 0. The van der Waals surface area contributed by atoms with E-state index in [1.165, 1.54) is 0 Å². The maximum Gasteiger partial charge on any atom is 0.242 e. The molecule has 0 spiro atoms. The molecule has 0 bridgehead atoms. The van der Waals surface area contributed by atoms with Crippen LogP contribution in [0.25, 0.3) is 0 Å². The first-order chi connectivity index (χ1) is 13.2. The lowest BCUT2D eigenvalue weighted by atomic mass is 10.1. The fourth-order valence-corrected chi connectivity index (χ4v) is 2.94. The van der Waals surface area contributed by atoms with E-state index < -0.39 is 6.04 Å². The lowest BCUT2D eigenvalue weighted by molar-refractivity contribution is -0.123. The van der Waals surface area contributed by atoms with Gasteiger partial charge in [0.15, 0.2) is 11.5 Å². The molecule has 2 heterocycles. The summed E-state index contributed by atoms with van der Waals surface area (Å²) in [5.74, 6) is 2.01. The maximum atomic E-state index is 12.6. The van der Waals surface area contributed by atoms with Gasteiger partial charge in [-0.05, 0) is 29.8 Å². The van der Waals surface area contributed by atoms with E-state index in [1.807, 2.05) is 42.5 Å². The number of carbonyl (C=O) groups excluding carboxylic acids is 1. The van der Waals surface area contributed by atoms with Gasteiger partial charge in [0.2, 0.25) is 12.7 Å². The van der Waals surface area contributed by atoms with Crippen molar-refractivity contribution in [2.24, 2.45) is 0 Å². The number of methoxy groups -OCH3 is 1. The molecule has 2 aliphatic heterocycles. The zero-order valence-electron chi connectivity index (χ0n) is 14.7. The number of hydrogen-bond donors (Lipinski definition) is 5. The third-order valence-electron chi connectivity index (χ3n) is 4.37. The second kappa shape index (κ2) is 7.70. The van der Waals surface area contributed by atoms with E-state index in [1.54, 1.807) is 7.11 Å². The molecule has 2 aliphatic rings. The second-order valence-corrected chi connectivity index (χ2v) is 6.15. The molecule has 142 valence electrons. The van der Waals surface area contributed by atoms with Gasteiger partial charge in [0.1, 0.15) is 18.0 Å². The lowest BCUT2D eigenvalue weighted by Crippen LogP contribution is -2.50. The number of ether oxygens (including phenoxy) is 3. The quantitative estimate of drug-likeness (QED) is 0.499. The molecule has 0 aliphatic carbocycles. The number of hydrogen-bond acceptors (Lipinski definition) is 8. The molecular formula is C18H21N5O4. The van der Waals surface area contributed by atoms with Crippen LogP contribution in [0.5, 0.6) is 17.2 Å². The minimum atomic E-state index is -0.509. The van der Waals surface area contributed by atoms with Crippen molar-refractivity contribution in [3.05, 3.63) is 48.0 Å². The van der Waals surface area contributed by atoms with Gasteiger partial charge in [-0.3, -0.25) is 4.79 Å². The van der Waals surface area contributed by atoms with Crippen molar-refractivity contribution in [1.29, 1.82) is 0 Å². The summed E-state index contributed by atoms with van der Waals surface area (Å²) in [5.41, 5.74) is 10.5. The summed E-state index contributed by atoms with van der Waals surface area (Å²) in [5, 5.41) is 6.19. The van der Waals surface area contributed by atoms with Gasteiger partial charge in [0.05, 0.1) is 7.11 Å². The maximum absolute atomic E-state index is 12.6. The molecule has 1 fully saturated rings. The third-order valence-corrected chi connectivity index (χ3v) is 4.37. The number of nitrogens with one attached hydrogen (secondary N) is 5. The molecule has 2 aromatic rings. The monoisotopic (exact) mass is 371 g/mol. The third kappa shape index (κ3) is 3.90. The van der Waals surface area contributed by atoms with Crippen LogP contribution in [-0.2, 0) is 11.3 Å². The molecule has 9 nitrogen and oxygen atoms in total. The lowest BCUT2D eigenvalue weighted by Gasteiger charge is -2.20. The second-order valence-electron chi connectivity index (χ2n) is 6.15. The van der Waals surface area contributed by atoms with Gasteiger partial charge in [-0.25, -0.2) is 10.9 Å². The van der Waals surface area contributed by atoms with Crippen LogP contribution in [0.1, 0.15) is 5.56 Å². The van der Waals surface area contributed by atoms with E-state index in [0.717, 1.165) is 22.7 Å². The highest BCUT2D eigenvalue weighted by atomic mass is 16.7. The zero-order chi connectivity index (χ0) is 18.6. The number of carbonyl (C=O) groups is 1. The van der Waals surface area contributed by atoms with Crippen LogP contribution in [0.15, 0.2) is 42.5 Å². The highest BCUT2D eigenvalue weighted by molar-refractivity contribution is 5.83. The predicted molar refractivity (Wildman–Crippen MR) is 98.0 cm³/mol. The molecule has 27 heavy (non-hydrogen) atoms. The van der Waals surface area contributed by atoms with Crippen LogP contribution >= 0.6 is 0 Å². The van der Waals surface area contributed by atoms with Gasteiger partial charge < -0.3 is 24.8 Å². The number of fused-ring (bicyclic) bond motifs is 1. The molecule has 2 unspecified atom stereocenters. The molecule has 1 amide bonds. The Hall–Kier alpha value is -3.01. The van der Waals surface area contributed by atoms with Crippen LogP contribution in [0.3, 0.4) is 0 Å². The largest absolute Gasteiger partial charge is 0.497 e. The Labute approximate surface area is 156 Å². The molecule has 0 aromatic heterocycles. The first-order valence-corrected chi connectivity index (χ1v) is 8.56. The van der Waals surface area contributed by atoms with Crippen LogP contribution in [-0.4, -0.2) is 32.0 Å². The van der Waals surface area contributed by atoms with Crippen molar-refractivity contribution in [2.75, 3.05) is 19.2 Å². The van der Waals surface area contributed by atoms with Crippen molar-refractivity contribution in [3.63, 3.8) is 0 Å². The molecule has 2 atom stereocenters. The first kappa shape index (κ1) is 17.4. The van der Waals surface area contributed by atoms with Gasteiger partial charge in [0.25, 0.3) is 0 Å². The van der Waals surface area contributed by atoms with Crippen molar-refractivity contribution in [3.8, 4) is 17.2 Å². The predicted octanol–water partition coefficient (Wildman–Crippen LogP) is 0.459. The average molecular weight is 371 g/mol. The van der Waals surface area contributed by atoms with Crippen LogP contribution in [0.2, 0.25) is 0 Å². The highest BCUT2D eigenvalue weighted by Crippen LogP contribution is 2.32. The average Bonchev–Trinajstić information content (AvgIpc) is 3.35. The Balaban J connectivity index is 1.36. The Bertz CT molecular complexity index is 831. The van der Waals surface area contributed by atoms with Crippen LogP contribution in [0.4, 0.5) is 5.69 Å². The minimum Gasteiger partial charge on any atom is -0.497 e. The topological polar surface area (TPSA) is 105 Å². The standard InChI is InChI=1S/C18H21N5O4/c1-25-13-4-2-3-12(8-13)20-17-16(21-23-22-17)18(24)19-9-11-5-6-14-15(7-11)27-10-26-14/h2-8,16-17,20-23H,9-10H2,1H3,(H,19,24).